The van der Waals surface area contributed by atoms with Crippen LogP contribution in [0.5, 0.6) is 0 Å². The van der Waals surface area contributed by atoms with Crippen LogP contribution in [0.2, 0.25) is 0 Å². The van der Waals surface area contributed by atoms with Crippen molar-refractivity contribution in [3.63, 3.8) is 0 Å². The minimum absolute atomic E-state index is 0.0101. The molecule has 0 radical (unpaired) electrons. The lowest BCUT2D eigenvalue weighted by Gasteiger charge is -2.26. The zero-order valence-electron chi connectivity index (χ0n) is 69.6. The maximum Gasteiger partial charge on any atom is 0.472 e. The average molecular weight is 2080 g/mol. The molecule has 0 aromatic carbocycles. The lowest BCUT2D eigenvalue weighted by Crippen LogP contribution is -2.32. The van der Waals surface area contributed by atoms with E-state index in [1.165, 1.54) is 33.9 Å². The highest BCUT2D eigenvalue weighted by Gasteiger charge is 2.53. The van der Waals surface area contributed by atoms with Crippen LogP contribution in [-0.2, 0) is 124 Å². The maximum atomic E-state index is 14.4. The predicted octanol–water partition coefficient (Wildman–Crippen LogP) is -2.77. The maximum absolute atomic E-state index is 14.4. The summed E-state index contributed by atoms with van der Waals surface area (Å²) in [5, 5.41) is 11.0. The van der Waals surface area contributed by atoms with Gasteiger partial charge in [0.25, 0.3) is 16.7 Å². The van der Waals surface area contributed by atoms with Gasteiger partial charge in [-0.05, 0) is 12.1 Å². The molecule has 74 heteroatoms. The van der Waals surface area contributed by atoms with Crippen LogP contribution in [0.25, 0.3) is 44.7 Å². The molecule has 67 nitrogen and oxygen atoms in total. The summed E-state index contributed by atoms with van der Waals surface area (Å²) in [7, 11) is -38.2. The molecule has 7 aliphatic heterocycles. The number of nitrogens with two attached hydrogens (primary N) is 6. The van der Waals surface area contributed by atoms with Gasteiger partial charge in [-0.3, -0.25) is 116 Å². The van der Waals surface area contributed by atoms with Crippen LogP contribution in [0.15, 0.2) is 80.1 Å². The molecule has 0 aliphatic carbocycles. The Bertz CT molecular complexity index is 6880. The van der Waals surface area contributed by atoms with Crippen molar-refractivity contribution in [1.29, 1.82) is 0 Å². The first-order valence-corrected chi connectivity index (χ1v) is 50.9. The Kier molecular flexibility index (Phi) is 28.4. The van der Waals surface area contributed by atoms with Crippen molar-refractivity contribution in [2.45, 2.75) is 168 Å². The van der Waals surface area contributed by atoms with Crippen LogP contribution in [-0.4, -0.2) is 280 Å². The Hall–Kier alpha value is -9.39. The number of anilines is 6. The van der Waals surface area contributed by atoms with E-state index in [4.69, 9.17) is 122 Å². The Morgan fingerprint density at radius 2 is 0.642 bits per heavy atom. The van der Waals surface area contributed by atoms with Crippen molar-refractivity contribution in [3.05, 3.63) is 108 Å². The number of nitrogens with one attached hydrogen (secondary N) is 3. The Balaban J connectivity index is 0.547. The number of nitrogens with zero attached hydrogens (tertiary/aromatic N) is 17. The summed E-state index contributed by atoms with van der Waals surface area (Å²) in [6, 6.07) is 2.42. The highest BCUT2D eigenvalue weighted by molar-refractivity contribution is 7.49. The second-order valence-electron chi connectivity index (χ2n) is 31.2. The Morgan fingerprint density at radius 1 is 0.350 bits per heavy atom. The SMILES string of the molecule is Nc1ccn([C@H]2C[C@H](OP(=O)(O)OC[C@H]3O[C@@H](n4cnc5c(=O)[nH]c(N)nc54)C[C@@H]3OP(=O)(O)OC[C@H]3O[C@@H](n4cnc5c(N)ncnc54)C[C@@H]3OP(=O)(O)OC[C@H]3OCC[C@@H]3OP(=O)(O)OC[C@H]3O[C@@H](n4cnc5c(=O)[nH]c(N)nc54)C[C@@H]3OP(=O)(O)OC[C@H]3O[C@@H](n4ccc(N)nc4=O)C[C@@H]3OP(=O)(O)OC[C@H]3O[C@@H](n4cnc5c(=O)[nH]c(N)nc54)C[C@@H]3O)[C@@H](COP(=O)(O)O)O2)c(=O)n1. The number of phosphoric ester groups is 7. The lowest BCUT2D eigenvalue weighted by atomic mass is 10.2. The van der Waals surface area contributed by atoms with E-state index >= 15 is 0 Å². The van der Waals surface area contributed by atoms with Crippen LogP contribution >= 0.6 is 54.8 Å². The van der Waals surface area contributed by atoms with Gasteiger partial charge in [0.05, 0.1) is 77.7 Å². The first-order valence-electron chi connectivity index (χ1n) is 40.4. The molecule has 0 bridgehead atoms. The summed E-state index contributed by atoms with van der Waals surface area (Å²) in [6.45, 7) is -7.36. The number of imidazole rings is 4. The van der Waals surface area contributed by atoms with Gasteiger partial charge < -0.3 is 112 Å². The van der Waals surface area contributed by atoms with E-state index in [1.54, 1.807) is 0 Å². The second kappa shape index (κ2) is 39.2. The molecule has 7 saturated heterocycles. The molecule has 24 N–H and O–H groups in total. The van der Waals surface area contributed by atoms with Gasteiger partial charge in [-0.15, -0.1) is 0 Å². The zero-order chi connectivity index (χ0) is 97.5. The van der Waals surface area contributed by atoms with Gasteiger partial charge in [0.15, 0.2) is 45.0 Å². The topological polar surface area (TPSA) is 946 Å². The third-order valence-corrected chi connectivity index (χ3v) is 28.6. The molecule has 17 heterocycles. The number of aliphatic hydroxyl groups is 1. The van der Waals surface area contributed by atoms with Crippen molar-refractivity contribution in [3.8, 4) is 0 Å². The van der Waals surface area contributed by atoms with E-state index in [0.717, 1.165) is 49.6 Å². The molecule has 137 heavy (non-hydrogen) atoms. The number of nitrogen functional groups attached to an aromatic ring is 6. The molecule has 17 rings (SSSR count). The molecule has 0 saturated carbocycles. The van der Waals surface area contributed by atoms with Gasteiger partial charge in [0, 0.05) is 63.9 Å². The third kappa shape index (κ3) is 23.0. The summed E-state index contributed by atoms with van der Waals surface area (Å²) in [5.41, 5.74) is 29.7. The van der Waals surface area contributed by atoms with Gasteiger partial charge >= 0.3 is 66.1 Å². The first-order chi connectivity index (χ1) is 64.7. The number of aromatic amines is 3. The summed E-state index contributed by atoms with van der Waals surface area (Å²) in [5.74, 6) is -1.53. The van der Waals surface area contributed by atoms with Gasteiger partial charge in [-0.1, -0.05) is 0 Å². The Labute approximate surface area is 760 Å². The van der Waals surface area contributed by atoms with Crippen LogP contribution in [0.3, 0.4) is 0 Å². The van der Waals surface area contributed by atoms with Crippen molar-refractivity contribution >= 4 is 135 Å². The van der Waals surface area contributed by atoms with E-state index in [9.17, 15) is 100 Å². The molecular weight excluding hydrogens is 1990 g/mol. The standard InChI is InChI=1S/C63H83N26O41P7/c64-39-1-4-84(62(94)76-39)42-8-27(34(120-42)15-112-131(96,97)98)126-135(105,106)118-19-38-31(12-46(124-38)89-24-75-50-55(89)80-61(69)83-58(50)93)130-137(109,110)117-18-36-29(10-44(122-36)86-21-72-47-51(66)70-20-71-52(47)86)128-134(103,104)114-14-33-26(3-6-111-33)125-132(99,100)115-17-37-30(11-45(123-37)88-23-74-49-54(88)79-60(68)82-57(49)92)129-136(107,108)116-16-35-28(9-43(121-35)85-5-2-40(65)77-63(85)95)127-133(101,102)113-13-32-25(90)7-41(119-32)87-22-73-48-53(87)78-59(67)81-56(48)91/h1-2,4-5,20-38,41-46,90H,3,6-19H2,(H,99,100)(H,101,102)(H,103,104)(H,105,106)(H,107,108)(H,109,110)(H2,64,76,94)(H2,65,77,95)(H2,66,70,71)(H2,96,97,98)(H3,67,78,81,91)(H3,68,79,82,92)(H3,69,80,83,93)/t25-,26-,27-,28-,29-,30-,31-,32+,33+,34+,35+,36+,37+,38+,41+,42+,43+,44+,45+,46+/m0/s1. The fraction of sp³-hybridized carbons (Fsp3) is 0.556. The van der Waals surface area contributed by atoms with Crippen molar-refractivity contribution < 1.29 is 168 Å². The number of hydrogen-bond donors (Lipinski definition) is 18. The third-order valence-electron chi connectivity index (χ3n) is 22.0. The van der Waals surface area contributed by atoms with Gasteiger partial charge in [-0.25, -0.2) is 71.4 Å². The number of aliphatic hydroxyl groups excluding tert-OH is 1. The van der Waals surface area contributed by atoms with Gasteiger partial charge in [-0.2, -0.15) is 24.9 Å². The minimum atomic E-state index is -5.60. The van der Waals surface area contributed by atoms with Crippen LogP contribution in [0.1, 0.15) is 82.3 Å². The van der Waals surface area contributed by atoms with E-state index in [-0.39, 0.29) is 93.5 Å². The number of fused-ring (bicyclic) bond motifs is 4. The second-order valence-corrected chi connectivity index (χ2v) is 40.9. The number of ether oxygens (including phenoxy) is 7. The summed E-state index contributed by atoms with van der Waals surface area (Å²) in [6.07, 6.45) is -25.7. The molecule has 6 unspecified atom stereocenters. The lowest BCUT2D eigenvalue weighted by molar-refractivity contribution is -0.0621. The van der Waals surface area contributed by atoms with E-state index in [1.807, 2.05) is 0 Å². The molecule has 0 spiro atoms. The number of hydrogen-bond acceptors (Lipinski definition) is 50. The van der Waals surface area contributed by atoms with Crippen LogP contribution in [0.4, 0.5) is 35.3 Å². The highest BCUT2D eigenvalue weighted by atomic mass is 31.2. The predicted molar refractivity (Wildman–Crippen MR) is 447 cm³/mol. The molecule has 26 atom stereocenters. The number of phosphoric acid groups is 7. The molecule has 746 valence electrons. The molecule has 7 fully saturated rings. The smallest absolute Gasteiger partial charge is 0.390 e. The summed E-state index contributed by atoms with van der Waals surface area (Å²) < 4.78 is 216. The fourth-order valence-corrected chi connectivity index (χ4v) is 21.9. The zero-order valence-corrected chi connectivity index (χ0v) is 75.9. The molecular formula is C63H83N26O41P7. The average Bonchev–Trinajstić information content (AvgIpc) is 1.62. The van der Waals surface area contributed by atoms with E-state index < -0.39 is 290 Å². The first kappa shape index (κ1) is 99.2. The molecule has 10 aromatic heterocycles. The normalized spacial score (nSPS) is 29.8. The van der Waals surface area contributed by atoms with Gasteiger partial charge in [0.1, 0.15) is 140 Å². The van der Waals surface area contributed by atoms with Crippen molar-refractivity contribution in [2.24, 2.45) is 0 Å². The molecule has 7 aliphatic rings. The largest absolute Gasteiger partial charge is 0.472 e. The molecule has 10 aromatic rings. The van der Waals surface area contributed by atoms with Crippen LogP contribution in [0, 0.1) is 0 Å². The summed E-state index contributed by atoms with van der Waals surface area (Å²) >= 11 is 0. The van der Waals surface area contributed by atoms with Crippen LogP contribution < -0.4 is 62.5 Å². The van der Waals surface area contributed by atoms with Crippen molar-refractivity contribution in [2.75, 3.05) is 87.3 Å². The number of aromatic nitrogens is 20. The Morgan fingerprint density at radius 3 is 0.985 bits per heavy atom. The number of H-pyrrole nitrogens is 3. The fourth-order valence-electron chi connectivity index (χ4n) is 15.8. The van der Waals surface area contributed by atoms with Gasteiger partial charge in [0.2, 0.25) is 17.8 Å². The quantitative estimate of drug-likeness (QED) is 0.0173. The van der Waals surface area contributed by atoms with E-state index in [0.29, 0.717) is 0 Å². The highest BCUT2D eigenvalue weighted by Crippen LogP contribution is 2.58. The molecule has 0 amide bonds. The number of rotatable bonds is 39. The minimum Gasteiger partial charge on any atom is -0.390 e. The van der Waals surface area contributed by atoms with Crippen molar-refractivity contribution in [1.82, 2.24) is 97.2 Å². The monoisotopic (exact) mass is 2080 g/mol. The van der Waals surface area contributed by atoms with E-state index in [2.05, 4.69) is 74.3 Å². The summed E-state index contributed by atoms with van der Waals surface area (Å²) in [4.78, 5) is 203.